The number of alkyl halides is 3. The van der Waals surface area contributed by atoms with Crippen LogP contribution in [0.4, 0.5) is 13.2 Å². The van der Waals surface area contributed by atoms with Crippen LogP contribution >= 0.6 is 0 Å². The van der Waals surface area contributed by atoms with E-state index in [1.165, 1.54) is 0 Å². The molecule has 0 aliphatic heterocycles. The van der Waals surface area contributed by atoms with Crippen LogP contribution in [0.15, 0.2) is 0 Å². The molecule has 0 bridgehead atoms. The highest BCUT2D eigenvalue weighted by Crippen LogP contribution is 2.18. The molecule has 88 valence electrons. The summed E-state index contributed by atoms with van der Waals surface area (Å²) in [5.74, 6) is -3.42. The minimum atomic E-state index is -4.99. The highest BCUT2D eigenvalue weighted by Gasteiger charge is 2.41. The molecule has 0 amide bonds. The summed E-state index contributed by atoms with van der Waals surface area (Å²) in [5, 5.41) is 8.32. The zero-order valence-electron chi connectivity index (χ0n) is 7.62. The normalized spacial score (nSPS) is 15.8. The summed E-state index contributed by atoms with van der Waals surface area (Å²) in [6.45, 7) is 0. The smallest absolute Gasteiger partial charge is 0.451 e. The van der Waals surface area contributed by atoms with Crippen molar-refractivity contribution >= 4 is 11.8 Å². The van der Waals surface area contributed by atoms with Crippen molar-refractivity contribution in [1.29, 1.82) is 0 Å². The molecule has 0 saturated heterocycles. The first-order valence-corrected chi connectivity index (χ1v) is 4.01. The number of carboxylic acids is 1. The van der Waals surface area contributed by atoms with Crippen LogP contribution in [0.2, 0.25) is 0 Å². The first kappa shape index (κ1) is 13.8. The number of carbonyl (C=O) groups excluding carboxylic acids is 1. The highest BCUT2D eigenvalue weighted by atomic mass is 19.4. The molecular formula is C7H11F3N2O3. The van der Waals surface area contributed by atoms with Gasteiger partial charge in [-0.15, -0.1) is 0 Å². The fourth-order valence-corrected chi connectivity index (χ4v) is 0.824. The molecule has 0 aromatic heterocycles. The maximum atomic E-state index is 11.8. The van der Waals surface area contributed by atoms with Crippen molar-refractivity contribution in [3.63, 3.8) is 0 Å². The Morgan fingerprint density at radius 2 is 1.53 bits per heavy atom. The summed E-state index contributed by atoms with van der Waals surface area (Å²) in [7, 11) is 0. The van der Waals surface area contributed by atoms with E-state index in [9.17, 15) is 22.8 Å². The maximum absolute atomic E-state index is 11.8. The van der Waals surface area contributed by atoms with E-state index in [2.05, 4.69) is 0 Å². The lowest BCUT2D eigenvalue weighted by molar-refractivity contribution is -0.172. The van der Waals surface area contributed by atoms with Gasteiger partial charge in [0.1, 0.15) is 6.04 Å². The van der Waals surface area contributed by atoms with Gasteiger partial charge in [0.05, 0.1) is 6.04 Å². The molecule has 0 radical (unpaired) electrons. The number of hydrogen-bond donors (Lipinski definition) is 3. The number of nitrogens with two attached hydrogens (primary N) is 2. The zero-order chi connectivity index (χ0) is 12.2. The Labute approximate surface area is 83.2 Å². The number of halogens is 3. The minimum Gasteiger partial charge on any atom is -0.480 e. The van der Waals surface area contributed by atoms with E-state index in [-0.39, 0.29) is 6.42 Å². The van der Waals surface area contributed by atoms with Crippen LogP contribution in [0.1, 0.15) is 12.8 Å². The van der Waals surface area contributed by atoms with Gasteiger partial charge in [0.2, 0.25) is 0 Å². The fraction of sp³-hybridized carbons (Fsp3) is 0.714. The molecule has 1 unspecified atom stereocenters. The lowest BCUT2D eigenvalue weighted by Gasteiger charge is -2.13. The van der Waals surface area contributed by atoms with Crippen molar-refractivity contribution in [2.75, 3.05) is 0 Å². The van der Waals surface area contributed by atoms with E-state index in [1.54, 1.807) is 0 Å². The number of ketones is 1. The van der Waals surface area contributed by atoms with E-state index in [0.29, 0.717) is 0 Å². The predicted octanol–water partition coefficient (Wildman–Crippen LogP) is -0.363. The van der Waals surface area contributed by atoms with Crippen molar-refractivity contribution in [3.05, 3.63) is 0 Å². The van der Waals surface area contributed by atoms with E-state index >= 15 is 0 Å². The monoisotopic (exact) mass is 228 g/mol. The number of hydrogen-bond acceptors (Lipinski definition) is 4. The van der Waals surface area contributed by atoms with E-state index in [1.807, 2.05) is 0 Å². The number of rotatable bonds is 5. The molecule has 5 nitrogen and oxygen atoms in total. The summed E-state index contributed by atoms with van der Waals surface area (Å²) in [6, 6.07) is -3.06. The number of Topliss-reactive ketones (excluding diaryl/α,β-unsaturated/α-hetero) is 1. The van der Waals surface area contributed by atoms with Crippen molar-refractivity contribution in [3.8, 4) is 0 Å². The molecule has 0 fully saturated rings. The van der Waals surface area contributed by atoms with E-state index in [4.69, 9.17) is 16.6 Å². The molecule has 0 aromatic carbocycles. The van der Waals surface area contributed by atoms with Crippen LogP contribution in [0.25, 0.3) is 0 Å². The Morgan fingerprint density at radius 3 is 1.87 bits per heavy atom. The zero-order valence-corrected chi connectivity index (χ0v) is 7.62. The van der Waals surface area contributed by atoms with Crippen LogP contribution in [-0.4, -0.2) is 35.1 Å². The SMILES string of the molecule is NC(CC[C@H](N)C(=O)O)C(=O)C(F)(F)F. The highest BCUT2D eigenvalue weighted by molar-refractivity contribution is 5.88. The Hall–Kier alpha value is -1.15. The lowest BCUT2D eigenvalue weighted by Crippen LogP contribution is -2.42. The van der Waals surface area contributed by atoms with Gasteiger partial charge in [-0.2, -0.15) is 13.2 Å². The lowest BCUT2D eigenvalue weighted by atomic mass is 10.0. The molecule has 0 aromatic rings. The van der Waals surface area contributed by atoms with Crippen LogP contribution < -0.4 is 11.5 Å². The summed E-state index contributed by atoms with van der Waals surface area (Å²) in [5.41, 5.74) is 9.96. The Morgan fingerprint density at radius 1 is 1.13 bits per heavy atom. The number of carboxylic acid groups (broad SMARTS) is 1. The Balaban J connectivity index is 4.10. The quantitative estimate of drug-likeness (QED) is 0.595. The van der Waals surface area contributed by atoms with Crippen molar-refractivity contribution in [1.82, 2.24) is 0 Å². The Kier molecular flexibility index (Phi) is 4.69. The van der Waals surface area contributed by atoms with Gasteiger partial charge in [-0.25, -0.2) is 0 Å². The van der Waals surface area contributed by atoms with Crippen molar-refractivity contribution < 1.29 is 27.9 Å². The minimum absolute atomic E-state index is 0.279. The summed E-state index contributed by atoms with van der Waals surface area (Å²) >= 11 is 0. The number of carbonyl (C=O) groups is 2. The van der Waals surface area contributed by atoms with Gasteiger partial charge >= 0.3 is 12.1 Å². The molecule has 0 saturated carbocycles. The van der Waals surface area contributed by atoms with E-state index in [0.717, 1.165) is 0 Å². The maximum Gasteiger partial charge on any atom is 0.451 e. The largest absolute Gasteiger partial charge is 0.480 e. The summed E-state index contributed by atoms with van der Waals surface area (Å²) < 4.78 is 35.4. The molecule has 0 aliphatic rings. The van der Waals surface area contributed by atoms with E-state index < -0.39 is 36.4 Å². The molecule has 0 rings (SSSR count). The van der Waals surface area contributed by atoms with Crippen LogP contribution in [0, 0.1) is 0 Å². The van der Waals surface area contributed by atoms with Gasteiger partial charge in [0, 0.05) is 0 Å². The summed E-state index contributed by atoms with van der Waals surface area (Å²) in [4.78, 5) is 20.7. The third kappa shape index (κ3) is 4.75. The van der Waals surface area contributed by atoms with Crippen LogP contribution in [-0.2, 0) is 9.59 Å². The molecule has 2 atom stereocenters. The first-order chi connectivity index (χ1) is 6.66. The molecule has 0 aliphatic carbocycles. The molecule has 8 heteroatoms. The first-order valence-electron chi connectivity index (χ1n) is 4.01. The number of aliphatic carboxylic acids is 1. The second-order valence-electron chi connectivity index (χ2n) is 2.99. The molecule has 5 N–H and O–H groups in total. The molecular weight excluding hydrogens is 217 g/mol. The topological polar surface area (TPSA) is 106 Å². The average Bonchev–Trinajstić information content (AvgIpc) is 2.10. The Bertz CT molecular complexity index is 254. The third-order valence-corrected chi connectivity index (χ3v) is 1.72. The standard InChI is InChI=1S/C7H11F3N2O3/c8-7(9,10)5(13)3(11)1-2-4(12)6(14)15/h3-4H,1-2,11-12H2,(H,14,15)/t3?,4-/m0/s1. The van der Waals surface area contributed by atoms with Gasteiger partial charge < -0.3 is 16.6 Å². The van der Waals surface area contributed by atoms with Gasteiger partial charge in [-0.05, 0) is 12.8 Å². The van der Waals surface area contributed by atoms with Gasteiger partial charge in [0.25, 0.3) is 5.78 Å². The van der Waals surface area contributed by atoms with Gasteiger partial charge in [-0.1, -0.05) is 0 Å². The average molecular weight is 228 g/mol. The molecule has 15 heavy (non-hydrogen) atoms. The van der Waals surface area contributed by atoms with Crippen LogP contribution in [0.3, 0.4) is 0 Å². The summed E-state index contributed by atoms with van der Waals surface area (Å²) in [6.07, 6.45) is -5.68. The predicted molar refractivity (Wildman–Crippen MR) is 43.9 cm³/mol. The van der Waals surface area contributed by atoms with Gasteiger partial charge in [-0.3, -0.25) is 9.59 Å². The van der Waals surface area contributed by atoms with Crippen molar-refractivity contribution in [2.45, 2.75) is 31.1 Å². The second kappa shape index (κ2) is 5.08. The molecule has 0 heterocycles. The second-order valence-corrected chi connectivity index (χ2v) is 2.99. The molecule has 0 spiro atoms. The van der Waals surface area contributed by atoms with Crippen molar-refractivity contribution in [2.24, 2.45) is 11.5 Å². The third-order valence-electron chi connectivity index (χ3n) is 1.72. The van der Waals surface area contributed by atoms with Crippen LogP contribution in [0.5, 0.6) is 0 Å². The van der Waals surface area contributed by atoms with Gasteiger partial charge in [0.15, 0.2) is 0 Å². The fourth-order valence-electron chi connectivity index (χ4n) is 0.824.